The Kier molecular flexibility index (Phi) is 5.30. The molecule has 1 aromatic carbocycles. The van der Waals surface area contributed by atoms with Gasteiger partial charge in [0.25, 0.3) is 5.69 Å². The average molecular weight is 291 g/mol. The minimum Gasteiger partial charge on any atom is -0.379 e. The Labute approximate surface area is 124 Å². The first kappa shape index (κ1) is 15.5. The van der Waals surface area contributed by atoms with E-state index in [1.165, 1.54) is 6.07 Å². The van der Waals surface area contributed by atoms with Crippen LogP contribution in [0.5, 0.6) is 0 Å². The number of nitrogens with zero attached hydrogens (tertiary/aromatic N) is 3. The average Bonchev–Trinajstić information content (AvgIpc) is 2.52. The maximum Gasteiger partial charge on any atom is 0.271 e. The fraction of sp³-hybridized carbons (Fsp3) is 0.467. The number of nitro groups is 1. The SMILES string of the molecule is C=Cc1ccc([N+](=O)[O-])cc1N(C)CCN1CCOCC1. The summed E-state index contributed by atoms with van der Waals surface area (Å²) in [6.07, 6.45) is 1.73. The van der Waals surface area contributed by atoms with Gasteiger partial charge in [-0.1, -0.05) is 12.7 Å². The molecule has 6 heteroatoms. The predicted molar refractivity (Wildman–Crippen MR) is 83.7 cm³/mol. The summed E-state index contributed by atoms with van der Waals surface area (Å²) < 4.78 is 5.33. The third-order valence-electron chi connectivity index (χ3n) is 3.71. The molecule has 0 spiro atoms. The van der Waals surface area contributed by atoms with Crippen LogP contribution < -0.4 is 4.90 Å². The van der Waals surface area contributed by atoms with Crippen LogP contribution in [0.15, 0.2) is 24.8 Å². The molecule has 0 bridgehead atoms. The highest BCUT2D eigenvalue weighted by Gasteiger charge is 2.15. The van der Waals surface area contributed by atoms with E-state index in [1.54, 1.807) is 18.2 Å². The Morgan fingerprint density at radius 3 is 2.81 bits per heavy atom. The second kappa shape index (κ2) is 7.19. The third-order valence-corrected chi connectivity index (χ3v) is 3.71. The van der Waals surface area contributed by atoms with Crippen molar-refractivity contribution in [3.63, 3.8) is 0 Å². The minimum absolute atomic E-state index is 0.105. The van der Waals surface area contributed by atoms with E-state index in [0.717, 1.165) is 50.6 Å². The summed E-state index contributed by atoms with van der Waals surface area (Å²) in [5.41, 5.74) is 1.85. The summed E-state index contributed by atoms with van der Waals surface area (Å²) >= 11 is 0. The van der Waals surface area contributed by atoms with E-state index in [0.29, 0.717) is 0 Å². The van der Waals surface area contributed by atoms with Crippen LogP contribution >= 0.6 is 0 Å². The van der Waals surface area contributed by atoms with Gasteiger partial charge in [-0.15, -0.1) is 0 Å². The molecule has 1 aliphatic heterocycles. The molecule has 1 aliphatic rings. The normalized spacial score (nSPS) is 15.7. The minimum atomic E-state index is -0.369. The van der Waals surface area contributed by atoms with Crippen molar-refractivity contribution < 1.29 is 9.66 Å². The Balaban J connectivity index is 2.05. The Hall–Kier alpha value is -1.92. The summed E-state index contributed by atoms with van der Waals surface area (Å²) in [4.78, 5) is 14.9. The van der Waals surface area contributed by atoms with Crippen LogP contribution in [0.25, 0.3) is 6.08 Å². The van der Waals surface area contributed by atoms with E-state index in [2.05, 4.69) is 11.5 Å². The molecule has 0 aliphatic carbocycles. The van der Waals surface area contributed by atoms with Crippen LogP contribution in [-0.4, -0.2) is 56.3 Å². The molecule has 114 valence electrons. The monoisotopic (exact) mass is 291 g/mol. The maximum atomic E-state index is 10.9. The predicted octanol–water partition coefficient (Wildman–Crippen LogP) is 2.01. The first-order valence-electron chi connectivity index (χ1n) is 7.04. The number of nitro benzene ring substituents is 1. The highest BCUT2D eigenvalue weighted by molar-refractivity contribution is 5.69. The Morgan fingerprint density at radius 2 is 2.19 bits per heavy atom. The van der Waals surface area contributed by atoms with Crippen LogP contribution in [0.1, 0.15) is 5.56 Å². The molecular weight excluding hydrogens is 270 g/mol. The zero-order valence-corrected chi connectivity index (χ0v) is 12.3. The zero-order valence-electron chi connectivity index (χ0n) is 12.3. The van der Waals surface area contributed by atoms with Gasteiger partial charge in [0.1, 0.15) is 0 Å². The van der Waals surface area contributed by atoms with Gasteiger partial charge in [-0.25, -0.2) is 0 Å². The molecule has 1 aromatic rings. The first-order chi connectivity index (χ1) is 10.1. The van der Waals surface area contributed by atoms with Crippen LogP contribution in [-0.2, 0) is 4.74 Å². The van der Waals surface area contributed by atoms with Crippen LogP contribution in [0.3, 0.4) is 0 Å². The van der Waals surface area contributed by atoms with E-state index in [4.69, 9.17) is 4.74 Å². The highest BCUT2D eigenvalue weighted by Crippen LogP contribution is 2.26. The molecule has 1 heterocycles. The van der Waals surface area contributed by atoms with Gasteiger partial charge >= 0.3 is 0 Å². The van der Waals surface area contributed by atoms with E-state index < -0.39 is 0 Å². The molecule has 21 heavy (non-hydrogen) atoms. The standard InChI is InChI=1S/C15H21N3O3/c1-3-13-4-5-14(18(19)20)12-15(13)16(2)6-7-17-8-10-21-11-9-17/h3-5,12H,1,6-11H2,2H3. The quantitative estimate of drug-likeness (QED) is 0.592. The molecule has 0 aromatic heterocycles. The summed E-state index contributed by atoms with van der Waals surface area (Å²) in [7, 11) is 1.95. The number of anilines is 1. The summed E-state index contributed by atoms with van der Waals surface area (Å²) in [6.45, 7) is 8.93. The number of hydrogen-bond acceptors (Lipinski definition) is 5. The van der Waals surface area contributed by atoms with Gasteiger partial charge in [-0.3, -0.25) is 15.0 Å². The zero-order chi connectivity index (χ0) is 15.2. The van der Waals surface area contributed by atoms with Crippen molar-refractivity contribution >= 4 is 17.5 Å². The van der Waals surface area contributed by atoms with Gasteiger partial charge in [-0.05, 0) is 11.6 Å². The first-order valence-corrected chi connectivity index (χ1v) is 7.04. The van der Waals surface area contributed by atoms with Crippen molar-refractivity contribution in [1.29, 1.82) is 0 Å². The molecule has 6 nitrogen and oxygen atoms in total. The highest BCUT2D eigenvalue weighted by atomic mass is 16.6. The summed E-state index contributed by atoms with van der Waals surface area (Å²) in [6, 6.07) is 4.86. The largest absolute Gasteiger partial charge is 0.379 e. The number of benzene rings is 1. The number of hydrogen-bond donors (Lipinski definition) is 0. The summed E-state index contributed by atoms with van der Waals surface area (Å²) in [5.74, 6) is 0. The van der Waals surface area contributed by atoms with Crippen LogP contribution in [0.4, 0.5) is 11.4 Å². The number of rotatable bonds is 6. The Bertz CT molecular complexity index is 513. The maximum absolute atomic E-state index is 10.9. The van der Waals surface area contributed by atoms with Gasteiger partial charge < -0.3 is 9.64 Å². The lowest BCUT2D eigenvalue weighted by atomic mass is 10.1. The second-order valence-corrected chi connectivity index (χ2v) is 5.08. The molecular formula is C15H21N3O3. The molecule has 0 atom stereocenters. The number of non-ortho nitro benzene ring substituents is 1. The van der Waals surface area contributed by atoms with Crippen molar-refractivity contribution in [3.05, 3.63) is 40.5 Å². The van der Waals surface area contributed by atoms with Crippen LogP contribution in [0.2, 0.25) is 0 Å². The molecule has 0 saturated carbocycles. The lowest BCUT2D eigenvalue weighted by molar-refractivity contribution is -0.384. The van der Waals surface area contributed by atoms with Gasteiger partial charge in [0.2, 0.25) is 0 Å². The smallest absolute Gasteiger partial charge is 0.271 e. The van der Waals surface area contributed by atoms with Crippen molar-refractivity contribution in [2.24, 2.45) is 0 Å². The van der Waals surface area contributed by atoms with Crippen molar-refractivity contribution in [2.45, 2.75) is 0 Å². The number of ether oxygens (including phenoxy) is 1. The fourth-order valence-corrected chi connectivity index (χ4v) is 2.39. The molecule has 0 N–H and O–H groups in total. The fourth-order valence-electron chi connectivity index (χ4n) is 2.39. The molecule has 1 fully saturated rings. The molecule has 0 radical (unpaired) electrons. The van der Waals surface area contributed by atoms with E-state index in [-0.39, 0.29) is 10.6 Å². The number of morpholine rings is 1. The van der Waals surface area contributed by atoms with E-state index in [9.17, 15) is 10.1 Å². The van der Waals surface area contributed by atoms with Gasteiger partial charge in [0.15, 0.2) is 0 Å². The lowest BCUT2D eigenvalue weighted by Crippen LogP contribution is -2.40. The van der Waals surface area contributed by atoms with Crippen molar-refractivity contribution in [1.82, 2.24) is 4.90 Å². The van der Waals surface area contributed by atoms with Crippen molar-refractivity contribution in [2.75, 3.05) is 51.3 Å². The second-order valence-electron chi connectivity index (χ2n) is 5.08. The van der Waals surface area contributed by atoms with Gasteiger partial charge in [0, 0.05) is 45.4 Å². The van der Waals surface area contributed by atoms with E-state index >= 15 is 0 Å². The topological polar surface area (TPSA) is 58.9 Å². The molecule has 2 rings (SSSR count). The Morgan fingerprint density at radius 1 is 1.48 bits per heavy atom. The summed E-state index contributed by atoms with van der Waals surface area (Å²) in [5, 5.41) is 10.9. The van der Waals surface area contributed by atoms with Crippen molar-refractivity contribution in [3.8, 4) is 0 Å². The van der Waals surface area contributed by atoms with Gasteiger partial charge in [0.05, 0.1) is 23.8 Å². The molecule has 0 unspecified atom stereocenters. The molecule has 1 saturated heterocycles. The third kappa shape index (κ3) is 4.03. The number of likely N-dealkylation sites (N-methyl/N-ethyl adjacent to an activating group) is 1. The van der Waals surface area contributed by atoms with Gasteiger partial charge in [-0.2, -0.15) is 0 Å². The lowest BCUT2D eigenvalue weighted by Gasteiger charge is -2.29. The molecule has 0 amide bonds. The van der Waals surface area contributed by atoms with Crippen LogP contribution in [0, 0.1) is 10.1 Å². The van der Waals surface area contributed by atoms with E-state index in [1.807, 2.05) is 11.9 Å².